The second-order valence-corrected chi connectivity index (χ2v) is 4.70. The fourth-order valence-corrected chi connectivity index (χ4v) is 1.74. The van der Waals surface area contributed by atoms with Gasteiger partial charge in [-0.25, -0.2) is 0 Å². The SMILES string of the molecule is CCCOc1ccc(C(C)C(=O)C(C)C)cc1. The highest BCUT2D eigenvalue weighted by Gasteiger charge is 2.17. The van der Waals surface area contributed by atoms with Gasteiger partial charge in [-0.05, 0) is 24.1 Å². The van der Waals surface area contributed by atoms with E-state index in [9.17, 15) is 4.79 Å². The summed E-state index contributed by atoms with van der Waals surface area (Å²) in [6.45, 7) is 8.66. The molecule has 2 heteroatoms. The topological polar surface area (TPSA) is 26.3 Å². The predicted molar refractivity (Wildman–Crippen MR) is 70.5 cm³/mol. The number of carbonyl (C=O) groups is 1. The zero-order chi connectivity index (χ0) is 12.8. The maximum Gasteiger partial charge on any atom is 0.142 e. The zero-order valence-electron chi connectivity index (χ0n) is 11.2. The third kappa shape index (κ3) is 3.88. The number of rotatable bonds is 6. The minimum absolute atomic E-state index is 0.0322. The lowest BCUT2D eigenvalue weighted by Crippen LogP contribution is -2.15. The second-order valence-electron chi connectivity index (χ2n) is 4.70. The smallest absolute Gasteiger partial charge is 0.142 e. The Balaban J connectivity index is 2.70. The molecule has 0 spiro atoms. The van der Waals surface area contributed by atoms with Crippen molar-refractivity contribution in [2.24, 2.45) is 5.92 Å². The predicted octanol–water partition coefficient (Wildman–Crippen LogP) is 3.80. The molecular weight excluding hydrogens is 212 g/mol. The first-order valence-electron chi connectivity index (χ1n) is 6.32. The van der Waals surface area contributed by atoms with Gasteiger partial charge in [-0.15, -0.1) is 0 Å². The molecule has 0 aromatic heterocycles. The van der Waals surface area contributed by atoms with Crippen molar-refractivity contribution in [1.29, 1.82) is 0 Å². The van der Waals surface area contributed by atoms with E-state index in [2.05, 4.69) is 6.92 Å². The maximum absolute atomic E-state index is 11.9. The van der Waals surface area contributed by atoms with Gasteiger partial charge >= 0.3 is 0 Å². The van der Waals surface area contributed by atoms with Crippen molar-refractivity contribution in [3.63, 3.8) is 0 Å². The summed E-state index contributed by atoms with van der Waals surface area (Å²) in [5.41, 5.74) is 1.06. The van der Waals surface area contributed by atoms with Crippen LogP contribution in [0, 0.1) is 5.92 Å². The first-order chi connectivity index (χ1) is 8.06. The molecule has 0 aliphatic rings. The van der Waals surface area contributed by atoms with Crippen LogP contribution in [0.2, 0.25) is 0 Å². The molecule has 1 atom stereocenters. The number of ether oxygens (including phenoxy) is 1. The largest absolute Gasteiger partial charge is 0.494 e. The standard InChI is InChI=1S/C15H22O2/c1-5-10-17-14-8-6-13(7-9-14)12(4)15(16)11(2)3/h6-9,11-12H,5,10H2,1-4H3. The summed E-state index contributed by atoms with van der Waals surface area (Å²) in [5.74, 6) is 1.21. The summed E-state index contributed by atoms with van der Waals surface area (Å²) in [5, 5.41) is 0. The Bertz CT molecular complexity index is 352. The highest BCUT2D eigenvalue weighted by atomic mass is 16.5. The van der Waals surface area contributed by atoms with Gasteiger partial charge in [0.2, 0.25) is 0 Å². The molecule has 94 valence electrons. The van der Waals surface area contributed by atoms with Crippen LogP contribution in [0.15, 0.2) is 24.3 Å². The fraction of sp³-hybridized carbons (Fsp3) is 0.533. The molecule has 0 saturated carbocycles. The van der Waals surface area contributed by atoms with Gasteiger partial charge in [0.05, 0.1) is 6.61 Å². The average molecular weight is 234 g/mol. The van der Waals surface area contributed by atoms with Gasteiger partial charge < -0.3 is 4.74 Å². The van der Waals surface area contributed by atoms with Gasteiger partial charge in [0.15, 0.2) is 0 Å². The van der Waals surface area contributed by atoms with Crippen LogP contribution in [0.1, 0.15) is 45.6 Å². The normalized spacial score (nSPS) is 12.5. The van der Waals surface area contributed by atoms with Crippen LogP contribution < -0.4 is 4.74 Å². The van der Waals surface area contributed by atoms with Crippen molar-refractivity contribution >= 4 is 5.78 Å². The van der Waals surface area contributed by atoms with Gasteiger partial charge in [0, 0.05) is 11.8 Å². The van der Waals surface area contributed by atoms with E-state index < -0.39 is 0 Å². The molecule has 0 N–H and O–H groups in total. The molecule has 0 fully saturated rings. The number of ketones is 1. The maximum atomic E-state index is 11.9. The Morgan fingerprint density at radius 3 is 2.24 bits per heavy atom. The minimum Gasteiger partial charge on any atom is -0.494 e. The molecule has 0 bridgehead atoms. The summed E-state index contributed by atoms with van der Waals surface area (Å²) >= 11 is 0. The van der Waals surface area contributed by atoms with Gasteiger partial charge in [-0.1, -0.05) is 39.8 Å². The summed E-state index contributed by atoms with van der Waals surface area (Å²) in [4.78, 5) is 11.9. The van der Waals surface area contributed by atoms with Crippen LogP contribution >= 0.6 is 0 Å². The van der Waals surface area contributed by atoms with Crippen LogP contribution in [0.3, 0.4) is 0 Å². The average Bonchev–Trinajstić information content (AvgIpc) is 2.35. The molecule has 1 aromatic rings. The van der Waals surface area contributed by atoms with Crippen LogP contribution in [0.5, 0.6) is 5.75 Å². The molecule has 0 aliphatic heterocycles. The van der Waals surface area contributed by atoms with Gasteiger partial charge in [0.25, 0.3) is 0 Å². The first-order valence-corrected chi connectivity index (χ1v) is 6.32. The van der Waals surface area contributed by atoms with Crippen molar-refractivity contribution in [3.8, 4) is 5.75 Å². The van der Waals surface area contributed by atoms with Crippen LogP contribution in [-0.2, 0) is 4.79 Å². The van der Waals surface area contributed by atoms with Crippen molar-refractivity contribution in [1.82, 2.24) is 0 Å². The summed E-state index contributed by atoms with van der Waals surface area (Å²) in [7, 11) is 0. The van der Waals surface area contributed by atoms with E-state index in [0.29, 0.717) is 0 Å². The lowest BCUT2D eigenvalue weighted by molar-refractivity contribution is -0.123. The molecule has 0 amide bonds. The number of hydrogen-bond acceptors (Lipinski definition) is 2. The van der Waals surface area contributed by atoms with Crippen LogP contribution in [0.25, 0.3) is 0 Å². The van der Waals surface area contributed by atoms with Gasteiger partial charge in [-0.3, -0.25) is 4.79 Å². The Kier molecular flexibility index (Phi) is 5.20. The van der Waals surface area contributed by atoms with Crippen molar-refractivity contribution < 1.29 is 9.53 Å². The lowest BCUT2D eigenvalue weighted by Gasteiger charge is -2.14. The lowest BCUT2D eigenvalue weighted by atomic mass is 9.90. The molecule has 0 radical (unpaired) electrons. The van der Waals surface area contributed by atoms with E-state index in [-0.39, 0.29) is 17.6 Å². The van der Waals surface area contributed by atoms with E-state index in [0.717, 1.165) is 24.3 Å². The molecule has 0 heterocycles. The monoisotopic (exact) mass is 234 g/mol. The summed E-state index contributed by atoms with van der Waals surface area (Å²) in [6.07, 6.45) is 1.00. The molecular formula is C15H22O2. The third-order valence-electron chi connectivity index (χ3n) is 2.85. The quantitative estimate of drug-likeness (QED) is 0.748. The van der Waals surface area contributed by atoms with Crippen LogP contribution in [-0.4, -0.2) is 12.4 Å². The zero-order valence-corrected chi connectivity index (χ0v) is 11.2. The Labute approximate surface area is 104 Å². The number of hydrogen-bond donors (Lipinski definition) is 0. The minimum atomic E-state index is -0.0322. The van der Waals surface area contributed by atoms with E-state index in [1.807, 2.05) is 45.0 Å². The van der Waals surface area contributed by atoms with Crippen molar-refractivity contribution in [2.75, 3.05) is 6.61 Å². The fourth-order valence-electron chi connectivity index (χ4n) is 1.74. The van der Waals surface area contributed by atoms with Gasteiger partial charge in [-0.2, -0.15) is 0 Å². The van der Waals surface area contributed by atoms with Gasteiger partial charge in [0.1, 0.15) is 11.5 Å². The molecule has 17 heavy (non-hydrogen) atoms. The van der Waals surface area contributed by atoms with E-state index in [1.54, 1.807) is 0 Å². The highest BCUT2D eigenvalue weighted by molar-refractivity contribution is 5.86. The van der Waals surface area contributed by atoms with Crippen molar-refractivity contribution in [2.45, 2.75) is 40.0 Å². The molecule has 2 nitrogen and oxygen atoms in total. The Morgan fingerprint density at radius 2 is 1.76 bits per heavy atom. The van der Waals surface area contributed by atoms with Crippen molar-refractivity contribution in [3.05, 3.63) is 29.8 Å². The van der Waals surface area contributed by atoms with E-state index >= 15 is 0 Å². The highest BCUT2D eigenvalue weighted by Crippen LogP contribution is 2.22. The summed E-state index contributed by atoms with van der Waals surface area (Å²) in [6, 6.07) is 7.84. The molecule has 0 aliphatic carbocycles. The van der Waals surface area contributed by atoms with Crippen LogP contribution in [0.4, 0.5) is 0 Å². The third-order valence-corrected chi connectivity index (χ3v) is 2.85. The molecule has 1 aromatic carbocycles. The summed E-state index contributed by atoms with van der Waals surface area (Å²) < 4.78 is 5.51. The van der Waals surface area contributed by atoms with E-state index in [4.69, 9.17) is 4.74 Å². The molecule has 1 unspecified atom stereocenters. The Hall–Kier alpha value is -1.31. The molecule has 1 rings (SSSR count). The number of carbonyl (C=O) groups excluding carboxylic acids is 1. The van der Waals surface area contributed by atoms with E-state index in [1.165, 1.54) is 0 Å². The first kappa shape index (κ1) is 13.8. The second kappa shape index (κ2) is 6.43. The number of benzene rings is 1. The molecule has 0 saturated heterocycles. The number of Topliss-reactive ketones (excluding diaryl/α,β-unsaturated/α-hetero) is 1. The Morgan fingerprint density at radius 1 is 1.18 bits per heavy atom.